The molecule has 0 unspecified atom stereocenters. The van der Waals surface area contributed by atoms with Gasteiger partial charge in [-0.3, -0.25) is 0 Å². The number of benzene rings is 1. The molecular formula is C13H12FNOS. The van der Waals surface area contributed by atoms with Gasteiger partial charge in [-0.1, -0.05) is 0 Å². The smallest absolute Gasteiger partial charge is 0.131 e. The Hall–Kier alpha value is -1.39. The lowest BCUT2D eigenvalue weighted by molar-refractivity contribution is 0.242. The molecule has 2 heterocycles. The van der Waals surface area contributed by atoms with E-state index in [0.29, 0.717) is 13.0 Å². The molecule has 0 saturated carbocycles. The van der Waals surface area contributed by atoms with Gasteiger partial charge in [0.1, 0.15) is 17.7 Å². The van der Waals surface area contributed by atoms with Crippen LogP contribution in [0.1, 0.15) is 5.56 Å². The van der Waals surface area contributed by atoms with Gasteiger partial charge >= 0.3 is 0 Å². The van der Waals surface area contributed by atoms with E-state index < -0.39 is 0 Å². The second-order valence-corrected chi connectivity index (χ2v) is 4.91. The fraction of sp³-hybridized carbons (Fsp3) is 0.231. The summed E-state index contributed by atoms with van der Waals surface area (Å²) < 4.78 is 19.3. The summed E-state index contributed by atoms with van der Waals surface area (Å²) in [5, 5.41) is 3.97. The highest BCUT2D eigenvalue weighted by atomic mass is 32.1. The third-order valence-corrected chi connectivity index (χ3v) is 3.64. The number of fused-ring (bicyclic) bond motifs is 1. The number of thiophene rings is 1. The Balaban J connectivity index is 2.12. The molecule has 2 N–H and O–H groups in total. The summed E-state index contributed by atoms with van der Waals surface area (Å²) in [6.45, 7) is 0.458. The molecule has 0 saturated heterocycles. The van der Waals surface area contributed by atoms with Gasteiger partial charge in [-0.25, -0.2) is 4.39 Å². The number of rotatable bonds is 2. The molecule has 1 aromatic heterocycles. The minimum atomic E-state index is -0.216. The predicted octanol–water partition coefficient (Wildman–Crippen LogP) is 2.82. The molecule has 1 atom stereocenters. The first kappa shape index (κ1) is 10.7. The molecule has 0 aliphatic carbocycles. The molecule has 0 bridgehead atoms. The standard InChI is InChI=1S/C13H12FNOS/c14-10-3-9-4-11(6-15)16-13(9)12(5-10)8-1-2-17-7-8/h1-3,5,7,11H,4,6,15H2/t11-/m0/s1. The number of halogens is 1. The molecule has 2 aromatic rings. The maximum atomic E-state index is 13.6. The van der Waals surface area contributed by atoms with E-state index in [4.69, 9.17) is 10.5 Å². The molecule has 1 aliphatic heterocycles. The van der Waals surface area contributed by atoms with Crippen molar-refractivity contribution in [1.29, 1.82) is 0 Å². The molecule has 0 fully saturated rings. The lowest BCUT2D eigenvalue weighted by atomic mass is 10.0. The van der Waals surface area contributed by atoms with E-state index in [0.717, 1.165) is 22.4 Å². The van der Waals surface area contributed by atoms with Crippen LogP contribution in [0.2, 0.25) is 0 Å². The Kier molecular flexibility index (Phi) is 2.61. The zero-order valence-corrected chi connectivity index (χ0v) is 9.97. The summed E-state index contributed by atoms with van der Waals surface area (Å²) in [7, 11) is 0. The summed E-state index contributed by atoms with van der Waals surface area (Å²) in [5.41, 5.74) is 8.36. The van der Waals surface area contributed by atoms with Crippen LogP contribution in [0, 0.1) is 5.82 Å². The second kappa shape index (κ2) is 4.13. The quantitative estimate of drug-likeness (QED) is 0.888. The van der Waals surface area contributed by atoms with Gasteiger partial charge in [0, 0.05) is 24.1 Å². The van der Waals surface area contributed by atoms with Crippen LogP contribution >= 0.6 is 11.3 Å². The van der Waals surface area contributed by atoms with Crippen LogP contribution in [-0.4, -0.2) is 12.6 Å². The molecule has 3 rings (SSSR count). The van der Waals surface area contributed by atoms with Crippen LogP contribution in [0.3, 0.4) is 0 Å². The second-order valence-electron chi connectivity index (χ2n) is 4.13. The van der Waals surface area contributed by atoms with Crippen molar-refractivity contribution in [1.82, 2.24) is 0 Å². The van der Waals surface area contributed by atoms with Gasteiger partial charge in [0.15, 0.2) is 0 Å². The first-order valence-corrected chi connectivity index (χ1v) is 6.44. The maximum Gasteiger partial charge on any atom is 0.131 e. The Bertz CT molecular complexity index is 539. The van der Waals surface area contributed by atoms with Crippen LogP contribution in [0.5, 0.6) is 5.75 Å². The topological polar surface area (TPSA) is 35.2 Å². The fourth-order valence-electron chi connectivity index (χ4n) is 2.16. The summed E-state index contributed by atoms with van der Waals surface area (Å²) in [6.07, 6.45) is 0.671. The van der Waals surface area contributed by atoms with Gasteiger partial charge in [-0.2, -0.15) is 11.3 Å². The molecule has 17 heavy (non-hydrogen) atoms. The molecule has 1 aliphatic rings. The number of hydrogen-bond donors (Lipinski definition) is 1. The van der Waals surface area contributed by atoms with Crippen LogP contribution in [0.4, 0.5) is 4.39 Å². The zero-order valence-electron chi connectivity index (χ0n) is 9.15. The molecule has 1 aromatic carbocycles. The predicted molar refractivity (Wildman–Crippen MR) is 66.9 cm³/mol. The molecule has 88 valence electrons. The van der Waals surface area contributed by atoms with Gasteiger partial charge in [0.25, 0.3) is 0 Å². The Morgan fingerprint density at radius 3 is 3.06 bits per heavy atom. The van der Waals surface area contributed by atoms with Crippen molar-refractivity contribution in [2.45, 2.75) is 12.5 Å². The Morgan fingerprint density at radius 1 is 1.47 bits per heavy atom. The molecule has 4 heteroatoms. The van der Waals surface area contributed by atoms with E-state index in [1.165, 1.54) is 6.07 Å². The van der Waals surface area contributed by atoms with Crippen molar-refractivity contribution in [2.24, 2.45) is 5.73 Å². The summed E-state index contributed by atoms with van der Waals surface area (Å²) in [5.74, 6) is 0.575. The van der Waals surface area contributed by atoms with E-state index in [9.17, 15) is 4.39 Å². The maximum absolute atomic E-state index is 13.6. The minimum absolute atomic E-state index is 0.0239. The van der Waals surface area contributed by atoms with Crippen LogP contribution < -0.4 is 10.5 Å². The molecule has 2 nitrogen and oxygen atoms in total. The van der Waals surface area contributed by atoms with Gasteiger partial charge in [0.05, 0.1) is 0 Å². The van der Waals surface area contributed by atoms with Gasteiger partial charge in [-0.05, 0) is 34.5 Å². The Morgan fingerprint density at radius 2 is 2.35 bits per heavy atom. The highest BCUT2D eigenvalue weighted by Crippen LogP contribution is 2.40. The van der Waals surface area contributed by atoms with Crippen LogP contribution in [-0.2, 0) is 6.42 Å². The van der Waals surface area contributed by atoms with Crippen molar-refractivity contribution in [3.8, 4) is 16.9 Å². The number of hydrogen-bond acceptors (Lipinski definition) is 3. The Labute approximate surface area is 103 Å². The molecule has 0 spiro atoms. The normalized spacial score (nSPS) is 17.9. The third-order valence-electron chi connectivity index (χ3n) is 2.96. The fourth-order valence-corrected chi connectivity index (χ4v) is 2.81. The average molecular weight is 249 g/mol. The SMILES string of the molecule is NC[C@@H]1Cc2cc(F)cc(-c3ccsc3)c2O1. The molecule has 0 radical (unpaired) electrons. The van der Waals surface area contributed by atoms with Crippen molar-refractivity contribution in [3.63, 3.8) is 0 Å². The number of ether oxygens (including phenoxy) is 1. The van der Waals surface area contributed by atoms with E-state index in [-0.39, 0.29) is 11.9 Å². The van der Waals surface area contributed by atoms with E-state index >= 15 is 0 Å². The van der Waals surface area contributed by atoms with Crippen molar-refractivity contribution in [3.05, 3.63) is 40.3 Å². The lowest BCUT2D eigenvalue weighted by Crippen LogP contribution is -2.24. The van der Waals surface area contributed by atoms with E-state index in [2.05, 4.69) is 0 Å². The highest BCUT2D eigenvalue weighted by Gasteiger charge is 2.25. The summed E-state index contributed by atoms with van der Waals surface area (Å²) in [6, 6.07) is 5.04. The average Bonchev–Trinajstić information content (AvgIpc) is 2.96. The highest BCUT2D eigenvalue weighted by molar-refractivity contribution is 7.08. The lowest BCUT2D eigenvalue weighted by Gasteiger charge is -2.10. The van der Waals surface area contributed by atoms with Gasteiger partial charge < -0.3 is 10.5 Å². The number of nitrogens with two attached hydrogens (primary N) is 1. The van der Waals surface area contributed by atoms with Gasteiger partial charge in [0.2, 0.25) is 0 Å². The van der Waals surface area contributed by atoms with Crippen LogP contribution in [0.15, 0.2) is 29.0 Å². The summed E-state index contributed by atoms with van der Waals surface area (Å²) in [4.78, 5) is 0. The molecule has 0 amide bonds. The van der Waals surface area contributed by atoms with E-state index in [1.54, 1.807) is 17.4 Å². The van der Waals surface area contributed by atoms with Gasteiger partial charge in [-0.15, -0.1) is 0 Å². The molecular weight excluding hydrogens is 237 g/mol. The van der Waals surface area contributed by atoms with Crippen molar-refractivity contribution >= 4 is 11.3 Å². The van der Waals surface area contributed by atoms with Crippen LogP contribution in [0.25, 0.3) is 11.1 Å². The third kappa shape index (κ3) is 1.83. The zero-order chi connectivity index (χ0) is 11.8. The first-order chi connectivity index (χ1) is 8.28. The van der Waals surface area contributed by atoms with Crippen molar-refractivity contribution < 1.29 is 9.13 Å². The minimum Gasteiger partial charge on any atom is -0.488 e. The summed E-state index contributed by atoms with van der Waals surface area (Å²) >= 11 is 1.59. The first-order valence-electron chi connectivity index (χ1n) is 5.49. The van der Waals surface area contributed by atoms with Crippen molar-refractivity contribution in [2.75, 3.05) is 6.54 Å². The van der Waals surface area contributed by atoms with E-state index in [1.807, 2.05) is 16.8 Å². The largest absolute Gasteiger partial charge is 0.488 e. The monoisotopic (exact) mass is 249 g/mol.